The van der Waals surface area contributed by atoms with Gasteiger partial charge in [-0.15, -0.1) is 0 Å². The average molecular weight is 491 g/mol. The monoisotopic (exact) mass is 490 g/mol. The molecule has 0 aliphatic carbocycles. The first kappa shape index (κ1) is 20.8. The van der Waals surface area contributed by atoms with Crippen molar-refractivity contribution < 1.29 is 14.3 Å². The molecule has 162 valence electrons. The van der Waals surface area contributed by atoms with Crippen LogP contribution in [0.15, 0.2) is 71.2 Å². The molecule has 2 aliphatic heterocycles. The molecule has 6 heteroatoms. The maximum absolute atomic E-state index is 13.7. The highest BCUT2D eigenvalue weighted by Crippen LogP contribution is 2.45. The van der Waals surface area contributed by atoms with E-state index in [9.17, 15) is 9.59 Å². The number of nitrogens with zero attached hydrogens (tertiary/aromatic N) is 1. The van der Waals surface area contributed by atoms with Crippen LogP contribution < -0.4 is 10.1 Å². The number of carbonyl (C=O) groups is 2. The van der Waals surface area contributed by atoms with E-state index in [4.69, 9.17) is 4.74 Å². The second-order valence-corrected chi connectivity index (χ2v) is 9.05. The van der Waals surface area contributed by atoms with Crippen LogP contribution in [-0.2, 0) is 17.8 Å². The number of carbonyl (C=O) groups excluding carboxylic acids is 2. The summed E-state index contributed by atoms with van der Waals surface area (Å²) in [5.41, 5.74) is 4.54. The molecular formula is C26H23BrN2O3. The van der Waals surface area contributed by atoms with Gasteiger partial charge >= 0.3 is 0 Å². The lowest BCUT2D eigenvalue weighted by Gasteiger charge is -2.45. The van der Waals surface area contributed by atoms with Gasteiger partial charge in [0.25, 0.3) is 5.91 Å². The number of halogens is 1. The fourth-order valence-electron chi connectivity index (χ4n) is 4.94. The summed E-state index contributed by atoms with van der Waals surface area (Å²) in [5.74, 6) is 0.136. The minimum Gasteiger partial charge on any atom is -0.496 e. The molecule has 2 atom stereocenters. The van der Waals surface area contributed by atoms with Crippen molar-refractivity contribution in [2.75, 3.05) is 13.7 Å². The van der Waals surface area contributed by atoms with Gasteiger partial charge in [-0.1, -0.05) is 58.4 Å². The number of nitrogens with one attached hydrogen (secondary N) is 1. The van der Waals surface area contributed by atoms with E-state index in [2.05, 4.69) is 27.3 Å². The number of methoxy groups -OCH3 is 1. The van der Waals surface area contributed by atoms with Crippen LogP contribution in [0.3, 0.4) is 0 Å². The summed E-state index contributed by atoms with van der Waals surface area (Å²) in [6.45, 7) is 0.945. The fourth-order valence-corrected chi connectivity index (χ4v) is 5.34. The van der Waals surface area contributed by atoms with E-state index in [1.165, 1.54) is 5.56 Å². The molecule has 2 heterocycles. The molecule has 0 saturated heterocycles. The zero-order valence-electron chi connectivity index (χ0n) is 17.7. The lowest BCUT2D eigenvalue weighted by Crippen LogP contribution is -2.50. The molecule has 0 bridgehead atoms. The van der Waals surface area contributed by atoms with Crippen molar-refractivity contribution in [3.63, 3.8) is 0 Å². The number of hydrogen-bond donors (Lipinski definition) is 1. The number of ether oxygens (including phenoxy) is 1. The number of hydrogen-bond acceptors (Lipinski definition) is 3. The largest absolute Gasteiger partial charge is 0.496 e. The summed E-state index contributed by atoms with van der Waals surface area (Å²) in [4.78, 5) is 28.9. The average Bonchev–Trinajstić information content (AvgIpc) is 2.83. The highest BCUT2D eigenvalue weighted by Gasteiger charge is 2.46. The first-order valence-corrected chi connectivity index (χ1v) is 11.5. The molecule has 2 amide bonds. The Labute approximate surface area is 195 Å². The van der Waals surface area contributed by atoms with Crippen LogP contribution in [0.1, 0.15) is 44.6 Å². The molecule has 0 spiro atoms. The second-order valence-electron chi connectivity index (χ2n) is 8.13. The van der Waals surface area contributed by atoms with Crippen LogP contribution in [0, 0.1) is 0 Å². The summed E-state index contributed by atoms with van der Waals surface area (Å²) in [5, 5.41) is 3.11. The summed E-state index contributed by atoms with van der Waals surface area (Å²) >= 11 is 3.49. The molecule has 0 radical (unpaired) electrons. The molecule has 3 aromatic carbocycles. The maximum atomic E-state index is 13.7. The van der Waals surface area contributed by atoms with E-state index in [0.717, 1.165) is 33.3 Å². The normalized spacial score (nSPS) is 18.9. The van der Waals surface area contributed by atoms with Gasteiger partial charge in [-0.3, -0.25) is 9.59 Å². The summed E-state index contributed by atoms with van der Waals surface area (Å²) in [6.07, 6.45) is 0.796. The minimum absolute atomic E-state index is 0.00203. The fraction of sp³-hybridized carbons (Fsp3) is 0.231. The van der Waals surface area contributed by atoms with Gasteiger partial charge in [0.2, 0.25) is 5.91 Å². The van der Waals surface area contributed by atoms with Gasteiger partial charge in [0.05, 0.1) is 19.1 Å². The summed E-state index contributed by atoms with van der Waals surface area (Å²) in [6, 6.07) is 21.0. The second kappa shape index (κ2) is 8.43. The zero-order valence-corrected chi connectivity index (χ0v) is 19.3. The topological polar surface area (TPSA) is 58.6 Å². The molecule has 5 nitrogen and oxygen atoms in total. The van der Waals surface area contributed by atoms with E-state index < -0.39 is 5.92 Å². The van der Waals surface area contributed by atoms with E-state index in [1.807, 2.05) is 65.6 Å². The van der Waals surface area contributed by atoms with Gasteiger partial charge < -0.3 is 15.0 Å². The lowest BCUT2D eigenvalue weighted by atomic mass is 9.76. The minimum atomic E-state index is -0.483. The third-order valence-corrected chi connectivity index (χ3v) is 6.91. The highest BCUT2D eigenvalue weighted by atomic mass is 79.9. The quantitative estimate of drug-likeness (QED) is 0.580. The van der Waals surface area contributed by atoms with Gasteiger partial charge in [0.15, 0.2) is 0 Å². The van der Waals surface area contributed by atoms with Gasteiger partial charge in [-0.25, -0.2) is 0 Å². The van der Waals surface area contributed by atoms with Crippen molar-refractivity contribution in [1.29, 1.82) is 0 Å². The first-order valence-electron chi connectivity index (χ1n) is 10.7. The van der Waals surface area contributed by atoms with Crippen molar-refractivity contribution in [2.45, 2.75) is 24.9 Å². The molecule has 0 unspecified atom stereocenters. The molecular weight excluding hydrogens is 468 g/mol. The van der Waals surface area contributed by atoms with E-state index >= 15 is 0 Å². The SMILES string of the molecule is COc1ccc(Br)cc1CNC(=O)[C@H]1c2ccccc2C(=O)N2CCc3ccccc3[C@@H]12. The van der Waals surface area contributed by atoms with Gasteiger partial charge in [0.1, 0.15) is 5.75 Å². The van der Waals surface area contributed by atoms with Crippen LogP contribution in [0.2, 0.25) is 0 Å². The van der Waals surface area contributed by atoms with E-state index in [1.54, 1.807) is 7.11 Å². The third-order valence-electron chi connectivity index (χ3n) is 6.41. The summed E-state index contributed by atoms with van der Waals surface area (Å²) in [7, 11) is 1.62. The van der Waals surface area contributed by atoms with Crippen molar-refractivity contribution in [3.8, 4) is 5.75 Å². The molecule has 0 fully saturated rings. The Kier molecular flexibility index (Phi) is 5.47. The number of fused-ring (bicyclic) bond motifs is 4. The van der Waals surface area contributed by atoms with Gasteiger partial charge in [-0.2, -0.15) is 0 Å². The standard InChI is InChI=1S/C26H23BrN2O3/c1-32-22-11-10-18(27)14-17(22)15-28-25(30)23-20-8-4-5-9-21(20)26(31)29-13-12-16-6-2-3-7-19(16)24(23)29/h2-11,14,23-24H,12-13,15H2,1H3,(H,28,30)/t23-,24-/m0/s1. The van der Waals surface area contributed by atoms with Crippen LogP contribution in [0.25, 0.3) is 0 Å². The van der Waals surface area contributed by atoms with Crippen molar-refractivity contribution in [1.82, 2.24) is 10.2 Å². The molecule has 2 aliphatic rings. The number of benzene rings is 3. The molecule has 0 saturated carbocycles. The van der Waals surface area contributed by atoms with Crippen LogP contribution >= 0.6 is 15.9 Å². The van der Waals surface area contributed by atoms with Crippen LogP contribution in [0.4, 0.5) is 0 Å². The Bertz CT molecular complexity index is 1210. The van der Waals surface area contributed by atoms with Crippen molar-refractivity contribution >= 4 is 27.7 Å². The Balaban J connectivity index is 1.53. The van der Waals surface area contributed by atoms with E-state index in [-0.39, 0.29) is 17.9 Å². The predicted molar refractivity (Wildman–Crippen MR) is 126 cm³/mol. The number of rotatable bonds is 4. The Hall–Kier alpha value is -3.12. The summed E-state index contributed by atoms with van der Waals surface area (Å²) < 4.78 is 6.38. The molecule has 1 N–H and O–H groups in total. The molecule has 5 rings (SSSR count). The highest BCUT2D eigenvalue weighted by molar-refractivity contribution is 9.10. The van der Waals surface area contributed by atoms with Gasteiger partial charge in [-0.05, 0) is 47.4 Å². The van der Waals surface area contributed by atoms with Crippen molar-refractivity contribution in [2.24, 2.45) is 0 Å². The smallest absolute Gasteiger partial charge is 0.254 e. The van der Waals surface area contributed by atoms with Gasteiger partial charge in [0, 0.05) is 28.7 Å². The lowest BCUT2D eigenvalue weighted by molar-refractivity contribution is -0.124. The van der Waals surface area contributed by atoms with Crippen LogP contribution in [0.5, 0.6) is 5.75 Å². The number of amides is 2. The Morgan fingerprint density at radius 3 is 2.66 bits per heavy atom. The predicted octanol–water partition coefficient (Wildman–Crippen LogP) is 4.61. The van der Waals surface area contributed by atoms with Crippen molar-refractivity contribution in [3.05, 3.63) is 99.0 Å². The molecule has 0 aromatic heterocycles. The molecule has 3 aromatic rings. The van der Waals surface area contributed by atoms with E-state index in [0.29, 0.717) is 18.7 Å². The third kappa shape index (κ3) is 3.48. The zero-order chi connectivity index (χ0) is 22.2. The maximum Gasteiger partial charge on any atom is 0.254 e. The first-order chi connectivity index (χ1) is 15.6. The van der Waals surface area contributed by atoms with Crippen LogP contribution in [-0.4, -0.2) is 30.4 Å². The molecule has 32 heavy (non-hydrogen) atoms. The Morgan fingerprint density at radius 1 is 1.09 bits per heavy atom. The Morgan fingerprint density at radius 2 is 1.84 bits per heavy atom.